The van der Waals surface area contributed by atoms with Gasteiger partial charge >= 0.3 is 0 Å². The first-order valence-electron chi connectivity index (χ1n) is 4.87. The van der Waals surface area contributed by atoms with Crippen molar-refractivity contribution in [1.29, 1.82) is 0 Å². The van der Waals surface area contributed by atoms with Crippen LogP contribution >= 0.6 is 23.2 Å². The minimum atomic E-state index is -0.542. The number of hydrogen-bond donors (Lipinski definition) is 1. The molecule has 17 heavy (non-hydrogen) atoms. The van der Waals surface area contributed by atoms with Gasteiger partial charge in [0.25, 0.3) is 5.69 Å². The number of nitrogens with zero attached hydrogens (tertiary/aromatic N) is 1. The van der Waals surface area contributed by atoms with Crippen molar-refractivity contribution in [3.63, 3.8) is 0 Å². The van der Waals surface area contributed by atoms with Crippen molar-refractivity contribution in [3.8, 4) is 12.3 Å². The largest absolute Gasteiger partial charge is 0.383 e. The second-order valence-electron chi connectivity index (χ2n) is 3.28. The molecule has 1 aromatic carbocycles. The lowest BCUT2D eigenvalue weighted by molar-refractivity contribution is -0.384. The molecule has 0 saturated carbocycles. The first kappa shape index (κ1) is 13.6. The molecule has 0 aliphatic rings. The molecule has 0 fully saturated rings. The molecule has 0 aromatic heterocycles. The Morgan fingerprint density at radius 1 is 1.41 bits per heavy atom. The number of rotatable bonds is 5. The van der Waals surface area contributed by atoms with Crippen molar-refractivity contribution >= 4 is 34.6 Å². The number of unbranched alkanes of at least 4 members (excludes halogenated alkanes) is 1. The summed E-state index contributed by atoms with van der Waals surface area (Å²) in [5.41, 5.74) is 0.366. The molecule has 0 unspecified atom stereocenters. The highest BCUT2D eigenvalue weighted by molar-refractivity contribution is 6.39. The van der Waals surface area contributed by atoms with Gasteiger partial charge < -0.3 is 5.32 Å². The Hall–Kier alpha value is -1.44. The highest BCUT2D eigenvalue weighted by Gasteiger charge is 2.13. The van der Waals surface area contributed by atoms with Crippen LogP contribution < -0.4 is 5.32 Å². The van der Waals surface area contributed by atoms with Gasteiger partial charge in [0.1, 0.15) is 0 Å². The number of non-ortho nitro benzene ring substituents is 1. The SMILES string of the molecule is C#CCCCNc1c(Cl)cc([N+](=O)[O-])cc1Cl. The zero-order chi connectivity index (χ0) is 12.8. The van der Waals surface area contributed by atoms with Crippen molar-refractivity contribution in [1.82, 2.24) is 0 Å². The van der Waals surface area contributed by atoms with E-state index in [0.29, 0.717) is 18.7 Å². The summed E-state index contributed by atoms with van der Waals surface area (Å²) in [7, 11) is 0. The fraction of sp³-hybridized carbons (Fsp3) is 0.273. The number of anilines is 1. The van der Waals surface area contributed by atoms with Gasteiger partial charge in [0, 0.05) is 25.1 Å². The van der Waals surface area contributed by atoms with Gasteiger partial charge in [-0.15, -0.1) is 12.3 Å². The molecular formula is C11H10Cl2N2O2. The lowest BCUT2D eigenvalue weighted by Crippen LogP contribution is -2.02. The van der Waals surface area contributed by atoms with Gasteiger partial charge in [-0.2, -0.15) is 0 Å². The Morgan fingerprint density at radius 3 is 2.47 bits per heavy atom. The summed E-state index contributed by atoms with van der Waals surface area (Å²) >= 11 is 11.8. The van der Waals surface area contributed by atoms with E-state index in [1.165, 1.54) is 12.1 Å². The lowest BCUT2D eigenvalue weighted by atomic mass is 10.2. The number of benzene rings is 1. The monoisotopic (exact) mass is 272 g/mol. The second-order valence-corrected chi connectivity index (χ2v) is 4.09. The highest BCUT2D eigenvalue weighted by Crippen LogP contribution is 2.34. The number of nitro benzene ring substituents is 1. The van der Waals surface area contributed by atoms with E-state index in [1.54, 1.807) is 0 Å². The van der Waals surface area contributed by atoms with E-state index >= 15 is 0 Å². The van der Waals surface area contributed by atoms with Gasteiger partial charge in [0.05, 0.1) is 20.7 Å². The number of halogens is 2. The van der Waals surface area contributed by atoms with E-state index in [-0.39, 0.29) is 15.7 Å². The fourth-order valence-electron chi connectivity index (χ4n) is 1.24. The van der Waals surface area contributed by atoms with Gasteiger partial charge in [0.15, 0.2) is 0 Å². The third kappa shape index (κ3) is 3.81. The van der Waals surface area contributed by atoms with Crippen LogP contribution in [-0.4, -0.2) is 11.5 Å². The zero-order valence-electron chi connectivity index (χ0n) is 8.87. The van der Waals surface area contributed by atoms with E-state index in [4.69, 9.17) is 29.6 Å². The predicted molar refractivity (Wildman–Crippen MR) is 69.7 cm³/mol. The van der Waals surface area contributed by atoms with Crippen molar-refractivity contribution in [3.05, 3.63) is 32.3 Å². The first-order valence-corrected chi connectivity index (χ1v) is 5.62. The molecule has 4 nitrogen and oxygen atoms in total. The molecule has 0 bridgehead atoms. The zero-order valence-corrected chi connectivity index (χ0v) is 10.4. The number of nitro groups is 1. The third-order valence-corrected chi connectivity index (χ3v) is 2.63. The molecule has 0 radical (unpaired) electrons. The Morgan fingerprint density at radius 2 is 2.00 bits per heavy atom. The molecule has 6 heteroatoms. The highest BCUT2D eigenvalue weighted by atomic mass is 35.5. The fourth-order valence-corrected chi connectivity index (χ4v) is 1.85. The molecule has 0 amide bonds. The number of terminal acetylenes is 1. The summed E-state index contributed by atoms with van der Waals surface area (Å²) in [6.07, 6.45) is 6.54. The lowest BCUT2D eigenvalue weighted by Gasteiger charge is -2.09. The van der Waals surface area contributed by atoms with Gasteiger partial charge in [-0.05, 0) is 6.42 Å². The molecule has 1 N–H and O–H groups in total. The summed E-state index contributed by atoms with van der Waals surface area (Å²) in [4.78, 5) is 10.0. The number of nitrogens with one attached hydrogen (secondary N) is 1. The van der Waals surface area contributed by atoms with E-state index < -0.39 is 4.92 Å². The average Bonchev–Trinajstić information content (AvgIpc) is 2.26. The van der Waals surface area contributed by atoms with Crippen LogP contribution in [-0.2, 0) is 0 Å². The van der Waals surface area contributed by atoms with Crippen molar-refractivity contribution < 1.29 is 4.92 Å². The van der Waals surface area contributed by atoms with Gasteiger partial charge in [-0.25, -0.2) is 0 Å². The molecule has 1 rings (SSSR count). The summed E-state index contributed by atoms with van der Waals surface area (Å²) in [6, 6.07) is 2.52. The third-order valence-electron chi connectivity index (χ3n) is 2.04. The summed E-state index contributed by atoms with van der Waals surface area (Å²) in [5, 5.41) is 14.0. The molecule has 90 valence electrons. The first-order chi connectivity index (χ1) is 8.06. The van der Waals surface area contributed by atoms with Gasteiger partial charge in [0.2, 0.25) is 0 Å². The summed E-state index contributed by atoms with van der Waals surface area (Å²) in [5.74, 6) is 2.51. The maximum Gasteiger partial charge on any atom is 0.272 e. The molecule has 0 heterocycles. The van der Waals surface area contributed by atoms with Crippen LogP contribution in [0.5, 0.6) is 0 Å². The Balaban J connectivity index is 2.80. The van der Waals surface area contributed by atoms with Crippen molar-refractivity contribution in [2.45, 2.75) is 12.8 Å². The van der Waals surface area contributed by atoms with Gasteiger partial charge in [-0.3, -0.25) is 10.1 Å². The second kappa shape index (κ2) is 6.33. The van der Waals surface area contributed by atoms with Crippen LogP contribution in [0.4, 0.5) is 11.4 Å². The van der Waals surface area contributed by atoms with Crippen LogP contribution in [0, 0.1) is 22.5 Å². The van der Waals surface area contributed by atoms with Gasteiger partial charge in [-0.1, -0.05) is 23.2 Å². The van der Waals surface area contributed by atoms with Crippen LogP contribution in [0.1, 0.15) is 12.8 Å². The van der Waals surface area contributed by atoms with Crippen LogP contribution in [0.3, 0.4) is 0 Å². The quantitative estimate of drug-likeness (QED) is 0.385. The van der Waals surface area contributed by atoms with Crippen molar-refractivity contribution in [2.75, 3.05) is 11.9 Å². The molecule has 0 aliphatic carbocycles. The topological polar surface area (TPSA) is 55.2 Å². The van der Waals surface area contributed by atoms with E-state index in [0.717, 1.165) is 6.42 Å². The van der Waals surface area contributed by atoms with Crippen LogP contribution in [0.25, 0.3) is 0 Å². The standard InChI is InChI=1S/C11H10Cl2N2O2/c1-2-3-4-5-14-11-9(12)6-8(15(16)17)7-10(11)13/h1,6-7,14H,3-5H2. The molecule has 0 atom stereocenters. The van der Waals surface area contributed by atoms with E-state index in [2.05, 4.69) is 11.2 Å². The molecule has 0 spiro atoms. The predicted octanol–water partition coefficient (Wildman–Crippen LogP) is 3.73. The Labute approximate surface area is 109 Å². The van der Waals surface area contributed by atoms with Crippen LogP contribution in [0.15, 0.2) is 12.1 Å². The Kier molecular flexibility index (Phi) is 5.08. The minimum Gasteiger partial charge on any atom is -0.383 e. The summed E-state index contributed by atoms with van der Waals surface area (Å²) in [6.45, 7) is 0.613. The molecule has 0 saturated heterocycles. The number of hydrogen-bond acceptors (Lipinski definition) is 3. The van der Waals surface area contributed by atoms with Crippen LogP contribution in [0.2, 0.25) is 10.0 Å². The molecule has 1 aromatic rings. The van der Waals surface area contributed by atoms with E-state index in [1.807, 2.05) is 0 Å². The minimum absolute atomic E-state index is 0.130. The normalized spacial score (nSPS) is 9.71. The average molecular weight is 273 g/mol. The maximum absolute atomic E-state index is 10.6. The van der Waals surface area contributed by atoms with Crippen molar-refractivity contribution in [2.24, 2.45) is 0 Å². The summed E-state index contributed by atoms with van der Waals surface area (Å²) < 4.78 is 0. The maximum atomic E-state index is 10.6. The molecular weight excluding hydrogens is 263 g/mol. The smallest absolute Gasteiger partial charge is 0.272 e. The van der Waals surface area contributed by atoms with E-state index in [9.17, 15) is 10.1 Å². The molecule has 0 aliphatic heterocycles. The Bertz CT molecular complexity index is 446.